The van der Waals surface area contributed by atoms with Crippen LogP contribution < -0.4 is 5.32 Å². The Hall–Kier alpha value is -2.71. The molecule has 0 fully saturated rings. The van der Waals surface area contributed by atoms with Crippen molar-refractivity contribution in [2.24, 2.45) is 0 Å². The largest absolute Gasteiger partial charge is 0.463 e. The number of rotatable bonds is 4. The van der Waals surface area contributed by atoms with Gasteiger partial charge in [0, 0.05) is 28.3 Å². The molecule has 0 aliphatic heterocycles. The number of furan rings is 1. The molecule has 0 aliphatic rings. The van der Waals surface area contributed by atoms with E-state index in [0.717, 1.165) is 16.5 Å². The number of carbonyl (C=O) groups excluding carboxylic acids is 1. The third-order valence-electron chi connectivity index (χ3n) is 3.78. The second-order valence-electron chi connectivity index (χ2n) is 5.40. The summed E-state index contributed by atoms with van der Waals surface area (Å²) in [5.74, 6) is 0.495. The molecule has 0 radical (unpaired) electrons. The predicted molar refractivity (Wildman–Crippen MR) is 98.7 cm³/mol. The standard InChI is InChI=1S/C17H14N4O2S2/c1-10-8-12(11(2)21(10)17-18-5-7-24-17)15(22)20-16-19-13(9-25-16)14-4-3-6-23-14/h3-9H,1-2H3,(H,19,20,22). The van der Waals surface area contributed by atoms with E-state index >= 15 is 0 Å². The quantitative estimate of drug-likeness (QED) is 0.573. The van der Waals surface area contributed by atoms with Gasteiger partial charge in [-0.25, -0.2) is 9.97 Å². The van der Waals surface area contributed by atoms with Crippen molar-refractivity contribution < 1.29 is 9.21 Å². The lowest BCUT2D eigenvalue weighted by atomic mass is 10.2. The van der Waals surface area contributed by atoms with Crippen molar-refractivity contribution >= 4 is 33.7 Å². The number of carbonyl (C=O) groups is 1. The number of aryl methyl sites for hydroxylation is 1. The number of aromatic nitrogens is 3. The zero-order valence-corrected chi connectivity index (χ0v) is 15.1. The smallest absolute Gasteiger partial charge is 0.259 e. The minimum absolute atomic E-state index is 0.184. The van der Waals surface area contributed by atoms with Gasteiger partial charge in [0.2, 0.25) is 0 Å². The number of hydrogen-bond acceptors (Lipinski definition) is 6. The monoisotopic (exact) mass is 370 g/mol. The van der Waals surface area contributed by atoms with Crippen molar-refractivity contribution in [1.82, 2.24) is 14.5 Å². The first-order valence-electron chi connectivity index (χ1n) is 7.53. The molecule has 1 amide bonds. The highest BCUT2D eigenvalue weighted by molar-refractivity contribution is 7.14. The lowest BCUT2D eigenvalue weighted by molar-refractivity contribution is 0.102. The van der Waals surface area contributed by atoms with E-state index in [1.165, 1.54) is 22.7 Å². The third-order valence-corrected chi connectivity index (χ3v) is 5.30. The Kier molecular flexibility index (Phi) is 3.98. The molecule has 0 unspecified atom stereocenters. The lowest BCUT2D eigenvalue weighted by Gasteiger charge is -2.05. The van der Waals surface area contributed by atoms with Crippen LogP contribution in [0.3, 0.4) is 0 Å². The highest BCUT2D eigenvalue weighted by Crippen LogP contribution is 2.27. The van der Waals surface area contributed by atoms with E-state index in [-0.39, 0.29) is 5.91 Å². The number of thiazole rings is 2. The number of amides is 1. The van der Waals surface area contributed by atoms with Crippen molar-refractivity contribution in [2.45, 2.75) is 13.8 Å². The van der Waals surface area contributed by atoms with Crippen LogP contribution in [-0.4, -0.2) is 20.4 Å². The first-order chi connectivity index (χ1) is 12.1. The molecule has 4 heterocycles. The Morgan fingerprint density at radius 3 is 2.92 bits per heavy atom. The van der Waals surface area contributed by atoms with E-state index in [2.05, 4.69) is 15.3 Å². The fourth-order valence-electron chi connectivity index (χ4n) is 2.65. The first kappa shape index (κ1) is 15.8. The maximum atomic E-state index is 12.7. The number of hydrogen-bond donors (Lipinski definition) is 1. The summed E-state index contributed by atoms with van der Waals surface area (Å²) < 4.78 is 7.31. The molecule has 0 bridgehead atoms. The van der Waals surface area contributed by atoms with E-state index in [4.69, 9.17) is 4.42 Å². The van der Waals surface area contributed by atoms with E-state index in [9.17, 15) is 4.79 Å². The van der Waals surface area contributed by atoms with Crippen molar-refractivity contribution in [2.75, 3.05) is 5.32 Å². The SMILES string of the molecule is Cc1cc(C(=O)Nc2nc(-c3ccco3)cs2)c(C)n1-c1nccs1. The van der Waals surface area contributed by atoms with E-state index in [1.54, 1.807) is 18.5 Å². The molecule has 25 heavy (non-hydrogen) atoms. The van der Waals surface area contributed by atoms with Gasteiger partial charge in [0.05, 0.1) is 11.8 Å². The fraction of sp³-hybridized carbons (Fsp3) is 0.118. The zero-order valence-electron chi connectivity index (χ0n) is 13.5. The molecule has 1 N–H and O–H groups in total. The van der Waals surface area contributed by atoms with Gasteiger partial charge in [-0.3, -0.25) is 14.7 Å². The van der Waals surface area contributed by atoms with Crippen molar-refractivity contribution in [3.05, 3.63) is 58.4 Å². The van der Waals surface area contributed by atoms with Crippen LogP contribution in [0.15, 0.2) is 45.8 Å². The number of anilines is 1. The second kappa shape index (κ2) is 6.30. The first-order valence-corrected chi connectivity index (χ1v) is 9.29. The summed E-state index contributed by atoms with van der Waals surface area (Å²) in [7, 11) is 0. The fourth-order valence-corrected chi connectivity index (χ4v) is 4.09. The van der Waals surface area contributed by atoms with Gasteiger partial charge >= 0.3 is 0 Å². The van der Waals surface area contributed by atoms with Gasteiger partial charge in [-0.1, -0.05) is 0 Å². The summed E-state index contributed by atoms with van der Waals surface area (Å²) in [5.41, 5.74) is 3.14. The van der Waals surface area contributed by atoms with E-state index < -0.39 is 0 Å². The summed E-state index contributed by atoms with van der Waals surface area (Å²) in [6.07, 6.45) is 3.35. The molecule has 0 spiro atoms. The molecule has 0 atom stereocenters. The Morgan fingerprint density at radius 1 is 1.32 bits per heavy atom. The highest BCUT2D eigenvalue weighted by Gasteiger charge is 2.19. The zero-order chi connectivity index (χ0) is 17.4. The van der Waals surface area contributed by atoms with Gasteiger partial charge in [-0.2, -0.15) is 0 Å². The van der Waals surface area contributed by atoms with Crippen LogP contribution in [-0.2, 0) is 0 Å². The minimum Gasteiger partial charge on any atom is -0.463 e. The summed E-state index contributed by atoms with van der Waals surface area (Å²) in [4.78, 5) is 21.4. The van der Waals surface area contributed by atoms with Gasteiger partial charge in [0.1, 0.15) is 5.69 Å². The maximum absolute atomic E-state index is 12.7. The molecule has 0 saturated heterocycles. The molecule has 0 aromatic carbocycles. The Labute approximate surface area is 151 Å². The average molecular weight is 370 g/mol. The minimum atomic E-state index is -0.184. The van der Waals surface area contributed by atoms with Crippen LogP contribution in [0, 0.1) is 13.8 Å². The Balaban J connectivity index is 1.59. The van der Waals surface area contributed by atoms with Gasteiger partial charge in [-0.05, 0) is 32.0 Å². The van der Waals surface area contributed by atoms with Crippen molar-refractivity contribution in [1.29, 1.82) is 0 Å². The molecule has 4 aromatic rings. The molecule has 8 heteroatoms. The van der Waals surface area contributed by atoms with Crippen LogP contribution >= 0.6 is 22.7 Å². The molecule has 4 rings (SSSR count). The van der Waals surface area contributed by atoms with Gasteiger partial charge in [-0.15, -0.1) is 22.7 Å². The molecule has 0 aliphatic carbocycles. The summed E-state index contributed by atoms with van der Waals surface area (Å²) >= 11 is 2.90. The molecule has 126 valence electrons. The topological polar surface area (TPSA) is 73.0 Å². The number of nitrogens with zero attached hydrogens (tertiary/aromatic N) is 3. The Bertz CT molecular complexity index is 1010. The normalized spacial score (nSPS) is 11.0. The molecule has 6 nitrogen and oxygen atoms in total. The summed E-state index contributed by atoms with van der Waals surface area (Å²) in [5, 5.41) is 8.02. The third kappa shape index (κ3) is 2.90. The van der Waals surface area contributed by atoms with Crippen LogP contribution in [0.1, 0.15) is 21.7 Å². The predicted octanol–water partition coefficient (Wildman–Crippen LogP) is 4.52. The Morgan fingerprint density at radius 2 is 2.20 bits per heavy atom. The lowest BCUT2D eigenvalue weighted by Crippen LogP contribution is -2.13. The molecular weight excluding hydrogens is 356 g/mol. The maximum Gasteiger partial charge on any atom is 0.259 e. The van der Waals surface area contributed by atoms with E-state index in [1.807, 2.05) is 41.3 Å². The van der Waals surface area contributed by atoms with E-state index in [0.29, 0.717) is 22.1 Å². The average Bonchev–Trinajstić information content (AvgIpc) is 3.34. The van der Waals surface area contributed by atoms with Crippen LogP contribution in [0.4, 0.5) is 5.13 Å². The van der Waals surface area contributed by atoms with Crippen LogP contribution in [0.5, 0.6) is 0 Å². The highest BCUT2D eigenvalue weighted by atomic mass is 32.1. The van der Waals surface area contributed by atoms with Gasteiger partial charge in [0.15, 0.2) is 16.0 Å². The van der Waals surface area contributed by atoms with Gasteiger partial charge in [0.25, 0.3) is 5.91 Å². The van der Waals surface area contributed by atoms with Crippen LogP contribution in [0.25, 0.3) is 16.6 Å². The summed E-state index contributed by atoms with van der Waals surface area (Å²) in [6.45, 7) is 3.88. The van der Waals surface area contributed by atoms with Crippen molar-refractivity contribution in [3.63, 3.8) is 0 Å². The van der Waals surface area contributed by atoms with Crippen molar-refractivity contribution in [3.8, 4) is 16.6 Å². The summed E-state index contributed by atoms with van der Waals surface area (Å²) in [6, 6.07) is 5.51. The van der Waals surface area contributed by atoms with Crippen LogP contribution in [0.2, 0.25) is 0 Å². The molecule has 4 aromatic heterocycles. The second-order valence-corrected chi connectivity index (χ2v) is 7.14. The molecule has 0 saturated carbocycles. The molecular formula is C17H14N4O2S2. The number of nitrogens with one attached hydrogen (secondary N) is 1. The van der Waals surface area contributed by atoms with Gasteiger partial charge < -0.3 is 4.42 Å².